The Kier molecular flexibility index (Phi) is 5.42. The van der Waals surface area contributed by atoms with Gasteiger partial charge in [-0.3, -0.25) is 0 Å². The first-order chi connectivity index (χ1) is 13.2. The molecule has 3 aromatic rings. The van der Waals surface area contributed by atoms with Gasteiger partial charge >= 0.3 is 6.09 Å². The molecule has 1 heterocycles. The number of aromatic nitrogens is 2. The molecule has 146 valence electrons. The number of anilines is 3. The van der Waals surface area contributed by atoms with Crippen LogP contribution >= 0.6 is 15.9 Å². The van der Waals surface area contributed by atoms with Crippen LogP contribution < -0.4 is 15.4 Å². The van der Waals surface area contributed by atoms with E-state index in [1.807, 2.05) is 39.0 Å². The van der Waals surface area contributed by atoms with Gasteiger partial charge in [0, 0.05) is 15.9 Å². The molecule has 0 radical (unpaired) electrons. The van der Waals surface area contributed by atoms with Crippen molar-refractivity contribution in [3.8, 4) is 5.75 Å². The second-order valence-corrected chi connectivity index (χ2v) is 8.02. The molecule has 0 atom stereocenters. The minimum atomic E-state index is -0.674. The zero-order chi connectivity index (χ0) is 20.5. The summed E-state index contributed by atoms with van der Waals surface area (Å²) >= 11 is 3.45. The van der Waals surface area contributed by atoms with E-state index in [1.165, 1.54) is 18.3 Å². The molecule has 0 aliphatic rings. The average molecular weight is 445 g/mol. The number of nitrogen functional groups attached to an aromatic ring is 1. The van der Waals surface area contributed by atoms with Crippen LogP contribution in [0.3, 0.4) is 0 Å². The van der Waals surface area contributed by atoms with Crippen molar-refractivity contribution in [2.24, 2.45) is 0 Å². The number of nitrogens with zero attached hydrogens (tertiary/aromatic N) is 3. The van der Waals surface area contributed by atoms with Gasteiger partial charge in [0.25, 0.3) is 0 Å². The van der Waals surface area contributed by atoms with Gasteiger partial charge in [-0.15, -0.1) is 0 Å². The van der Waals surface area contributed by atoms with E-state index < -0.39 is 11.7 Å². The molecule has 2 aromatic carbocycles. The summed E-state index contributed by atoms with van der Waals surface area (Å²) in [6, 6.07) is 10.7. The largest absolute Gasteiger partial charge is 0.495 e. The summed E-state index contributed by atoms with van der Waals surface area (Å²) in [4.78, 5) is 23.2. The van der Waals surface area contributed by atoms with Gasteiger partial charge in [0.1, 0.15) is 17.7 Å². The second-order valence-electron chi connectivity index (χ2n) is 7.10. The van der Waals surface area contributed by atoms with Crippen LogP contribution in [-0.4, -0.2) is 28.8 Å². The SMILES string of the molecule is COc1cc2ncnc(N(C(=O)OC(C)(C)C)c3cccc(Br)c3)c2cc1N. The Balaban J connectivity index is 2.23. The summed E-state index contributed by atoms with van der Waals surface area (Å²) < 4.78 is 11.7. The number of nitrogens with two attached hydrogens (primary N) is 1. The highest BCUT2D eigenvalue weighted by molar-refractivity contribution is 9.10. The van der Waals surface area contributed by atoms with Gasteiger partial charge in [0.2, 0.25) is 0 Å². The van der Waals surface area contributed by atoms with Crippen LogP contribution in [0.2, 0.25) is 0 Å². The number of carbonyl (C=O) groups is 1. The summed E-state index contributed by atoms with van der Waals surface area (Å²) in [5, 5.41) is 0.603. The van der Waals surface area contributed by atoms with Crippen molar-refractivity contribution < 1.29 is 14.3 Å². The highest BCUT2D eigenvalue weighted by Gasteiger charge is 2.28. The lowest BCUT2D eigenvalue weighted by Crippen LogP contribution is -2.34. The first-order valence-electron chi connectivity index (χ1n) is 8.56. The minimum absolute atomic E-state index is 0.367. The van der Waals surface area contributed by atoms with Crippen LogP contribution in [-0.2, 0) is 4.74 Å². The van der Waals surface area contributed by atoms with E-state index in [1.54, 1.807) is 18.2 Å². The molecule has 2 N–H and O–H groups in total. The van der Waals surface area contributed by atoms with Crippen molar-refractivity contribution in [3.63, 3.8) is 0 Å². The van der Waals surface area contributed by atoms with Gasteiger partial charge in [0.15, 0.2) is 5.82 Å². The molecule has 0 saturated heterocycles. The van der Waals surface area contributed by atoms with Crippen molar-refractivity contribution in [2.75, 3.05) is 17.7 Å². The fraction of sp³-hybridized carbons (Fsp3) is 0.250. The number of halogens is 1. The van der Waals surface area contributed by atoms with Gasteiger partial charge < -0.3 is 15.2 Å². The number of rotatable bonds is 3. The quantitative estimate of drug-likeness (QED) is 0.567. The molecular formula is C20H21BrN4O3. The van der Waals surface area contributed by atoms with Crippen molar-refractivity contribution in [3.05, 3.63) is 47.2 Å². The molecule has 1 amide bonds. The standard InChI is InChI=1S/C20H21BrN4O3/c1-20(2,3)28-19(26)25(13-7-5-6-12(21)8-13)18-14-9-15(22)17(27-4)10-16(14)23-11-24-18/h5-11H,22H2,1-4H3. The number of carbonyl (C=O) groups excluding carboxylic acids is 1. The third-order valence-electron chi connectivity index (χ3n) is 3.82. The van der Waals surface area contributed by atoms with Crippen molar-refractivity contribution in [1.29, 1.82) is 0 Å². The predicted molar refractivity (Wildman–Crippen MR) is 113 cm³/mol. The number of methoxy groups -OCH3 is 1. The lowest BCUT2D eigenvalue weighted by atomic mass is 10.1. The fourth-order valence-electron chi connectivity index (χ4n) is 2.68. The molecule has 3 rings (SSSR count). The summed E-state index contributed by atoms with van der Waals surface area (Å²) in [7, 11) is 1.54. The zero-order valence-electron chi connectivity index (χ0n) is 16.1. The molecule has 0 unspecified atom stereocenters. The lowest BCUT2D eigenvalue weighted by molar-refractivity contribution is 0.0598. The lowest BCUT2D eigenvalue weighted by Gasteiger charge is -2.27. The van der Waals surface area contributed by atoms with Gasteiger partial charge in [0.05, 0.1) is 24.0 Å². The van der Waals surface area contributed by atoms with E-state index in [2.05, 4.69) is 25.9 Å². The Morgan fingerprint density at radius 1 is 1.18 bits per heavy atom. The topological polar surface area (TPSA) is 90.6 Å². The average Bonchev–Trinajstić information content (AvgIpc) is 2.60. The summed E-state index contributed by atoms with van der Waals surface area (Å²) in [6.07, 6.45) is 0.836. The maximum atomic E-state index is 13.1. The van der Waals surface area contributed by atoms with Crippen LogP contribution in [0.1, 0.15) is 20.8 Å². The third-order valence-corrected chi connectivity index (χ3v) is 4.31. The number of fused-ring (bicyclic) bond motifs is 1. The van der Waals surface area contributed by atoms with E-state index in [9.17, 15) is 4.79 Å². The van der Waals surface area contributed by atoms with Gasteiger partial charge in [-0.05, 0) is 45.0 Å². The Bertz CT molecular complexity index is 1030. The first kappa shape index (κ1) is 19.9. The van der Waals surface area contributed by atoms with Gasteiger partial charge in [-0.25, -0.2) is 19.7 Å². The molecule has 8 heteroatoms. The Labute approximate surface area is 171 Å². The first-order valence-corrected chi connectivity index (χ1v) is 9.36. The smallest absolute Gasteiger partial charge is 0.420 e. The monoisotopic (exact) mass is 444 g/mol. The number of amides is 1. The maximum absolute atomic E-state index is 13.1. The molecule has 0 aliphatic carbocycles. The van der Waals surface area contributed by atoms with E-state index in [0.717, 1.165) is 4.47 Å². The summed E-state index contributed by atoms with van der Waals surface area (Å²) in [5.74, 6) is 0.870. The Morgan fingerprint density at radius 3 is 2.57 bits per heavy atom. The Hall–Kier alpha value is -2.87. The normalized spacial score (nSPS) is 11.3. The number of hydrogen-bond donors (Lipinski definition) is 1. The van der Waals surface area contributed by atoms with Crippen molar-refractivity contribution in [1.82, 2.24) is 9.97 Å². The molecule has 0 aliphatic heterocycles. The highest BCUT2D eigenvalue weighted by atomic mass is 79.9. The van der Waals surface area contributed by atoms with E-state index >= 15 is 0 Å². The molecule has 0 fully saturated rings. The van der Waals surface area contributed by atoms with E-state index in [0.29, 0.717) is 33.8 Å². The fourth-order valence-corrected chi connectivity index (χ4v) is 3.07. The third kappa shape index (κ3) is 4.17. The van der Waals surface area contributed by atoms with Crippen molar-refractivity contribution >= 4 is 50.1 Å². The van der Waals surface area contributed by atoms with Crippen molar-refractivity contribution in [2.45, 2.75) is 26.4 Å². The van der Waals surface area contributed by atoms with Crippen LogP contribution in [0, 0.1) is 0 Å². The summed E-state index contributed by atoms with van der Waals surface area (Å²) in [5.41, 5.74) is 7.02. The molecule has 7 nitrogen and oxygen atoms in total. The van der Waals surface area contributed by atoms with Crippen LogP contribution in [0.4, 0.5) is 22.0 Å². The second kappa shape index (κ2) is 7.63. The van der Waals surface area contributed by atoms with E-state index in [4.69, 9.17) is 15.2 Å². The van der Waals surface area contributed by atoms with Crippen LogP contribution in [0.15, 0.2) is 47.2 Å². The van der Waals surface area contributed by atoms with Gasteiger partial charge in [-0.1, -0.05) is 22.0 Å². The van der Waals surface area contributed by atoms with Crippen LogP contribution in [0.25, 0.3) is 10.9 Å². The van der Waals surface area contributed by atoms with Crippen LogP contribution in [0.5, 0.6) is 5.75 Å². The number of ether oxygens (including phenoxy) is 2. The molecular weight excluding hydrogens is 424 g/mol. The molecule has 0 spiro atoms. The number of benzene rings is 2. The van der Waals surface area contributed by atoms with Gasteiger partial charge in [-0.2, -0.15) is 0 Å². The highest BCUT2D eigenvalue weighted by Crippen LogP contribution is 2.35. The molecule has 0 saturated carbocycles. The van der Waals surface area contributed by atoms with E-state index in [-0.39, 0.29) is 0 Å². The molecule has 28 heavy (non-hydrogen) atoms. The Morgan fingerprint density at radius 2 is 1.93 bits per heavy atom. The maximum Gasteiger partial charge on any atom is 0.420 e. The molecule has 1 aromatic heterocycles. The minimum Gasteiger partial charge on any atom is -0.495 e. The summed E-state index contributed by atoms with van der Waals surface area (Å²) in [6.45, 7) is 5.43. The number of hydrogen-bond acceptors (Lipinski definition) is 6. The predicted octanol–water partition coefficient (Wildman–Crippen LogP) is 5.06. The zero-order valence-corrected chi connectivity index (χ0v) is 17.6. The molecule has 0 bridgehead atoms.